The number of aromatic amines is 1. The van der Waals surface area contributed by atoms with Crippen LogP contribution in [0.2, 0.25) is 0 Å². The van der Waals surface area contributed by atoms with E-state index < -0.39 is 5.60 Å². The van der Waals surface area contributed by atoms with Gasteiger partial charge in [-0.1, -0.05) is 0 Å². The highest BCUT2D eigenvalue weighted by molar-refractivity contribution is 5.68. The Bertz CT molecular complexity index is 425. The van der Waals surface area contributed by atoms with Crippen LogP contribution in [0.5, 0.6) is 0 Å². The number of hydrogen-bond acceptors (Lipinski definition) is 4. The smallest absolute Gasteiger partial charge is 0.410 e. The van der Waals surface area contributed by atoms with Gasteiger partial charge in [0.05, 0.1) is 6.54 Å². The van der Waals surface area contributed by atoms with Crippen LogP contribution in [0.25, 0.3) is 0 Å². The molecule has 0 aromatic carbocycles. The van der Waals surface area contributed by atoms with Crippen molar-refractivity contribution in [3.63, 3.8) is 0 Å². The first-order valence-electron chi connectivity index (χ1n) is 7.13. The number of H-pyrrole nitrogens is 1. The molecule has 0 aliphatic carbocycles. The summed E-state index contributed by atoms with van der Waals surface area (Å²) in [5.74, 6) is 0.916. The van der Waals surface area contributed by atoms with Crippen molar-refractivity contribution in [3.8, 4) is 0 Å². The molecule has 1 aromatic rings. The number of nitrogens with one attached hydrogen (secondary N) is 2. The summed E-state index contributed by atoms with van der Waals surface area (Å²) in [6, 6.07) is 0.293. The van der Waals surface area contributed by atoms with E-state index >= 15 is 0 Å². The second kappa shape index (κ2) is 6.26. The van der Waals surface area contributed by atoms with E-state index in [1.807, 2.05) is 27.0 Å². The molecule has 1 unspecified atom stereocenters. The van der Waals surface area contributed by atoms with Crippen LogP contribution in [0, 0.1) is 0 Å². The van der Waals surface area contributed by atoms with Crippen LogP contribution in [-0.4, -0.2) is 45.7 Å². The van der Waals surface area contributed by atoms with Crippen LogP contribution < -0.4 is 5.32 Å². The molecule has 1 atom stereocenters. The first kappa shape index (κ1) is 14.8. The number of imidazole rings is 1. The number of rotatable bonds is 3. The largest absolute Gasteiger partial charge is 0.444 e. The van der Waals surface area contributed by atoms with Gasteiger partial charge in [-0.05, 0) is 33.6 Å². The van der Waals surface area contributed by atoms with Crippen molar-refractivity contribution in [1.29, 1.82) is 0 Å². The molecule has 1 fully saturated rings. The maximum atomic E-state index is 12.0. The van der Waals surface area contributed by atoms with E-state index in [0.717, 1.165) is 25.2 Å². The van der Waals surface area contributed by atoms with Gasteiger partial charge in [-0.25, -0.2) is 9.78 Å². The molecule has 0 bridgehead atoms. The van der Waals surface area contributed by atoms with Gasteiger partial charge in [-0.15, -0.1) is 0 Å². The normalized spacial score (nSPS) is 19.9. The van der Waals surface area contributed by atoms with Gasteiger partial charge in [0.1, 0.15) is 11.4 Å². The quantitative estimate of drug-likeness (QED) is 0.887. The number of nitrogens with zero attached hydrogens (tertiary/aromatic N) is 2. The predicted octanol–water partition coefficient (Wildman–Crippen LogP) is 1.90. The molecular formula is C14H24N4O2. The molecule has 1 aromatic heterocycles. The van der Waals surface area contributed by atoms with E-state index in [9.17, 15) is 4.79 Å². The standard InChI is InChI=1S/C14H24N4O2/c1-14(2,3)20-13(19)18-8-4-5-11(10-18)17-9-12-15-6-7-16-12/h6-7,11,17H,4-5,8-10H2,1-3H3,(H,15,16). The lowest BCUT2D eigenvalue weighted by Crippen LogP contribution is -2.49. The zero-order valence-corrected chi connectivity index (χ0v) is 12.5. The molecule has 0 spiro atoms. The topological polar surface area (TPSA) is 70.2 Å². The summed E-state index contributed by atoms with van der Waals surface area (Å²) in [4.78, 5) is 21.1. The minimum Gasteiger partial charge on any atom is -0.444 e. The van der Waals surface area contributed by atoms with Gasteiger partial charge < -0.3 is 19.9 Å². The summed E-state index contributed by atoms with van der Waals surface area (Å²) in [6.45, 7) is 7.83. The molecule has 2 rings (SSSR count). The second-order valence-electron chi connectivity index (χ2n) is 6.18. The third-order valence-corrected chi connectivity index (χ3v) is 3.19. The minimum absolute atomic E-state index is 0.220. The van der Waals surface area contributed by atoms with Crippen molar-refractivity contribution in [2.24, 2.45) is 0 Å². The predicted molar refractivity (Wildman–Crippen MR) is 76.3 cm³/mol. The average molecular weight is 280 g/mol. The first-order chi connectivity index (χ1) is 9.44. The number of carbonyl (C=O) groups excluding carboxylic acids is 1. The molecule has 1 aliphatic rings. The van der Waals surface area contributed by atoms with Crippen LogP contribution in [0.4, 0.5) is 4.79 Å². The van der Waals surface area contributed by atoms with Crippen molar-refractivity contribution < 1.29 is 9.53 Å². The number of amides is 1. The van der Waals surface area contributed by atoms with Gasteiger partial charge in [-0.3, -0.25) is 0 Å². The summed E-state index contributed by atoms with van der Waals surface area (Å²) in [7, 11) is 0. The van der Waals surface area contributed by atoms with E-state index in [1.165, 1.54) is 0 Å². The maximum Gasteiger partial charge on any atom is 0.410 e. The van der Waals surface area contributed by atoms with Crippen molar-refractivity contribution in [3.05, 3.63) is 18.2 Å². The third-order valence-electron chi connectivity index (χ3n) is 3.19. The summed E-state index contributed by atoms with van der Waals surface area (Å²) in [6.07, 6.45) is 5.40. The number of likely N-dealkylation sites (tertiary alicyclic amines) is 1. The molecule has 112 valence electrons. The van der Waals surface area contributed by atoms with Gasteiger partial charge in [0, 0.05) is 31.5 Å². The molecule has 2 N–H and O–H groups in total. The van der Waals surface area contributed by atoms with Crippen LogP contribution in [0.3, 0.4) is 0 Å². The second-order valence-corrected chi connectivity index (χ2v) is 6.18. The third kappa shape index (κ3) is 4.52. The van der Waals surface area contributed by atoms with Gasteiger partial charge in [0.25, 0.3) is 0 Å². The highest BCUT2D eigenvalue weighted by atomic mass is 16.6. The summed E-state index contributed by atoms with van der Waals surface area (Å²) >= 11 is 0. The Kier molecular flexibility index (Phi) is 4.65. The zero-order chi connectivity index (χ0) is 14.6. The highest BCUT2D eigenvalue weighted by Crippen LogP contribution is 2.15. The fourth-order valence-corrected chi connectivity index (χ4v) is 2.27. The van der Waals surface area contributed by atoms with Gasteiger partial charge in [0.15, 0.2) is 0 Å². The molecule has 1 aliphatic heterocycles. The Morgan fingerprint density at radius 1 is 1.60 bits per heavy atom. The van der Waals surface area contributed by atoms with Crippen LogP contribution in [-0.2, 0) is 11.3 Å². The fourth-order valence-electron chi connectivity index (χ4n) is 2.27. The van der Waals surface area contributed by atoms with Crippen molar-refractivity contribution in [2.45, 2.75) is 51.8 Å². The Morgan fingerprint density at radius 2 is 2.40 bits per heavy atom. The maximum absolute atomic E-state index is 12.0. The fraction of sp³-hybridized carbons (Fsp3) is 0.714. The lowest BCUT2D eigenvalue weighted by atomic mass is 10.1. The lowest BCUT2D eigenvalue weighted by Gasteiger charge is -2.34. The van der Waals surface area contributed by atoms with Gasteiger partial charge in [-0.2, -0.15) is 0 Å². The average Bonchev–Trinajstić information content (AvgIpc) is 2.88. The number of aromatic nitrogens is 2. The monoisotopic (exact) mass is 280 g/mol. The number of carbonyl (C=O) groups is 1. The molecule has 0 radical (unpaired) electrons. The van der Waals surface area contributed by atoms with Crippen molar-refractivity contribution >= 4 is 6.09 Å². The van der Waals surface area contributed by atoms with E-state index in [2.05, 4.69) is 15.3 Å². The van der Waals surface area contributed by atoms with E-state index in [0.29, 0.717) is 19.1 Å². The number of hydrogen-bond donors (Lipinski definition) is 2. The van der Waals surface area contributed by atoms with E-state index in [-0.39, 0.29) is 6.09 Å². The van der Waals surface area contributed by atoms with Crippen LogP contribution in [0.1, 0.15) is 39.4 Å². The molecule has 0 saturated carbocycles. The first-order valence-corrected chi connectivity index (χ1v) is 7.13. The summed E-state index contributed by atoms with van der Waals surface area (Å²) < 4.78 is 5.42. The van der Waals surface area contributed by atoms with Crippen molar-refractivity contribution in [2.75, 3.05) is 13.1 Å². The molecule has 20 heavy (non-hydrogen) atoms. The Labute approximate surface area is 119 Å². The van der Waals surface area contributed by atoms with Crippen LogP contribution in [0.15, 0.2) is 12.4 Å². The number of ether oxygens (including phenoxy) is 1. The summed E-state index contributed by atoms with van der Waals surface area (Å²) in [5.41, 5.74) is -0.439. The van der Waals surface area contributed by atoms with Crippen LogP contribution >= 0.6 is 0 Å². The van der Waals surface area contributed by atoms with Gasteiger partial charge >= 0.3 is 6.09 Å². The van der Waals surface area contributed by atoms with E-state index in [1.54, 1.807) is 11.1 Å². The Hall–Kier alpha value is -1.56. The minimum atomic E-state index is -0.439. The molecule has 6 heteroatoms. The Morgan fingerprint density at radius 3 is 3.05 bits per heavy atom. The molecule has 1 saturated heterocycles. The number of piperidine rings is 1. The van der Waals surface area contributed by atoms with Gasteiger partial charge in [0.2, 0.25) is 0 Å². The lowest BCUT2D eigenvalue weighted by molar-refractivity contribution is 0.0187. The molecule has 2 heterocycles. The van der Waals surface area contributed by atoms with Crippen molar-refractivity contribution in [1.82, 2.24) is 20.2 Å². The summed E-state index contributed by atoms with van der Waals surface area (Å²) in [5, 5.41) is 3.43. The molecular weight excluding hydrogens is 256 g/mol. The Balaban J connectivity index is 1.80. The SMILES string of the molecule is CC(C)(C)OC(=O)N1CCCC(NCc2ncc[nH]2)C1. The van der Waals surface area contributed by atoms with E-state index in [4.69, 9.17) is 4.74 Å². The molecule has 1 amide bonds. The molecule has 6 nitrogen and oxygen atoms in total. The zero-order valence-electron chi connectivity index (χ0n) is 12.5. The highest BCUT2D eigenvalue weighted by Gasteiger charge is 2.27.